The zero-order valence-electron chi connectivity index (χ0n) is 11.2. The van der Waals surface area contributed by atoms with Crippen LogP contribution in [0.5, 0.6) is 5.75 Å². The van der Waals surface area contributed by atoms with Crippen LogP contribution in [0.25, 0.3) is 6.08 Å². The molecule has 0 aliphatic carbocycles. The molecule has 1 N–H and O–H groups in total. The Kier molecular flexibility index (Phi) is 4.36. The minimum absolute atomic E-state index is 0.259. The third-order valence-electron chi connectivity index (χ3n) is 2.78. The molecule has 0 heterocycles. The highest BCUT2D eigenvalue weighted by atomic mass is 16.3. The highest BCUT2D eigenvalue weighted by molar-refractivity contribution is 5.81. The Hall–Kier alpha value is -2.79. The topological polar surface area (TPSA) is 32.6 Å². The molecule has 0 saturated heterocycles. The molecule has 0 aromatic heterocycles. The van der Waals surface area contributed by atoms with E-state index in [2.05, 4.69) is 10.9 Å². The van der Waals surface area contributed by atoms with Crippen LogP contribution in [0.4, 0.5) is 5.69 Å². The van der Waals surface area contributed by atoms with Gasteiger partial charge < -0.3 is 5.11 Å². The number of hydrogen-bond donors (Lipinski definition) is 1. The summed E-state index contributed by atoms with van der Waals surface area (Å²) in [5.41, 5.74) is 3.48. The summed E-state index contributed by atoms with van der Waals surface area (Å²) < 4.78 is 0. The molecule has 0 unspecified atom stereocenters. The van der Waals surface area contributed by atoms with E-state index in [1.54, 1.807) is 18.4 Å². The van der Waals surface area contributed by atoms with E-state index >= 15 is 0 Å². The fraction of sp³-hybridized carbons (Fsp3) is 0.0556. The van der Waals surface area contributed by atoms with E-state index in [-0.39, 0.29) is 5.75 Å². The Bertz CT molecular complexity index is 706. The summed E-state index contributed by atoms with van der Waals surface area (Å²) in [6.07, 6.45) is 10.6. The summed E-state index contributed by atoms with van der Waals surface area (Å²) in [5.74, 6) is 2.83. The predicted octanol–water partition coefficient (Wildman–Crippen LogP) is 4.10. The number of allylic oxidation sites excluding steroid dienone is 1. The van der Waals surface area contributed by atoms with Gasteiger partial charge in [-0.15, -0.1) is 6.42 Å². The molecule has 2 aromatic rings. The summed E-state index contributed by atoms with van der Waals surface area (Å²) >= 11 is 0. The molecule has 20 heavy (non-hydrogen) atoms. The third-order valence-corrected chi connectivity index (χ3v) is 2.78. The van der Waals surface area contributed by atoms with Gasteiger partial charge in [-0.2, -0.15) is 0 Å². The summed E-state index contributed by atoms with van der Waals surface area (Å²) in [6.45, 7) is 1.98. The van der Waals surface area contributed by atoms with Crippen LogP contribution in [0.2, 0.25) is 0 Å². The predicted molar refractivity (Wildman–Crippen MR) is 84.4 cm³/mol. The number of phenolic OH excluding ortho intramolecular Hbond substituents is 1. The van der Waals surface area contributed by atoms with Crippen molar-refractivity contribution in [2.24, 2.45) is 4.99 Å². The maximum absolute atomic E-state index is 9.70. The first-order valence-electron chi connectivity index (χ1n) is 6.26. The van der Waals surface area contributed by atoms with Gasteiger partial charge in [0.1, 0.15) is 5.75 Å². The number of rotatable bonds is 3. The molecule has 0 radical (unpaired) electrons. The van der Waals surface area contributed by atoms with Crippen LogP contribution >= 0.6 is 0 Å². The standard InChI is InChI=1S/C18H15NO/c1-3-15-6-4-8-17(13-15)19-11-5-7-16-12-14(2)9-10-18(16)20/h1,4-13,20H,2H3/b7-5+,19-11?. The minimum Gasteiger partial charge on any atom is -0.507 e. The van der Waals surface area contributed by atoms with Crippen LogP contribution < -0.4 is 0 Å². The van der Waals surface area contributed by atoms with E-state index in [9.17, 15) is 5.11 Å². The fourth-order valence-electron chi connectivity index (χ4n) is 1.76. The SMILES string of the molecule is C#Cc1cccc(N=C/C=C/c2cc(C)ccc2O)c1. The molecule has 2 nitrogen and oxygen atoms in total. The highest BCUT2D eigenvalue weighted by Gasteiger charge is 1.95. The molecule has 0 atom stereocenters. The van der Waals surface area contributed by atoms with Crippen LogP contribution in [0.1, 0.15) is 16.7 Å². The molecule has 2 heteroatoms. The van der Waals surface area contributed by atoms with E-state index in [0.29, 0.717) is 0 Å². The van der Waals surface area contributed by atoms with Gasteiger partial charge >= 0.3 is 0 Å². The average molecular weight is 261 g/mol. The van der Waals surface area contributed by atoms with Crippen molar-refractivity contribution in [3.63, 3.8) is 0 Å². The summed E-state index contributed by atoms with van der Waals surface area (Å²) in [6, 6.07) is 12.9. The minimum atomic E-state index is 0.259. The molecule has 0 aliphatic rings. The quantitative estimate of drug-likeness (QED) is 0.655. The van der Waals surface area contributed by atoms with Gasteiger partial charge in [-0.25, -0.2) is 0 Å². The van der Waals surface area contributed by atoms with E-state index in [1.807, 2.05) is 49.4 Å². The van der Waals surface area contributed by atoms with Crippen molar-refractivity contribution < 1.29 is 5.11 Å². The molecule has 0 aliphatic heterocycles. The Morgan fingerprint density at radius 1 is 1.20 bits per heavy atom. The Morgan fingerprint density at radius 3 is 2.85 bits per heavy atom. The van der Waals surface area contributed by atoms with Gasteiger partial charge in [0.15, 0.2) is 0 Å². The van der Waals surface area contributed by atoms with E-state index in [0.717, 1.165) is 22.4 Å². The summed E-state index contributed by atoms with van der Waals surface area (Å²) in [4.78, 5) is 4.29. The van der Waals surface area contributed by atoms with Crippen LogP contribution in [0.15, 0.2) is 53.5 Å². The lowest BCUT2D eigenvalue weighted by Crippen LogP contribution is -1.78. The lowest BCUT2D eigenvalue weighted by Gasteiger charge is -1.99. The number of terminal acetylenes is 1. The smallest absolute Gasteiger partial charge is 0.122 e. The zero-order valence-corrected chi connectivity index (χ0v) is 11.2. The maximum atomic E-state index is 9.70. The highest BCUT2D eigenvalue weighted by Crippen LogP contribution is 2.19. The van der Waals surface area contributed by atoms with Crippen molar-refractivity contribution in [1.29, 1.82) is 0 Å². The number of aliphatic imine (C=N–C) groups is 1. The molecule has 2 rings (SSSR count). The Balaban J connectivity index is 2.11. The molecule has 0 saturated carbocycles. The largest absolute Gasteiger partial charge is 0.507 e. The van der Waals surface area contributed by atoms with Crippen LogP contribution in [-0.4, -0.2) is 11.3 Å². The van der Waals surface area contributed by atoms with Gasteiger partial charge in [0.25, 0.3) is 0 Å². The number of hydrogen-bond acceptors (Lipinski definition) is 2. The molecule has 2 aromatic carbocycles. The van der Waals surface area contributed by atoms with Crippen molar-refractivity contribution in [1.82, 2.24) is 0 Å². The molecule has 0 bridgehead atoms. The monoisotopic (exact) mass is 261 g/mol. The zero-order chi connectivity index (χ0) is 14.4. The maximum Gasteiger partial charge on any atom is 0.122 e. The number of aryl methyl sites for hydroxylation is 1. The second-order valence-electron chi connectivity index (χ2n) is 4.39. The van der Waals surface area contributed by atoms with Crippen LogP contribution in [0.3, 0.4) is 0 Å². The van der Waals surface area contributed by atoms with Gasteiger partial charge in [-0.05, 0) is 49.4 Å². The first-order chi connectivity index (χ1) is 9.69. The molecule has 0 fully saturated rings. The number of benzene rings is 2. The second kappa shape index (κ2) is 6.40. The van der Waals surface area contributed by atoms with Crippen molar-refractivity contribution >= 4 is 18.0 Å². The third kappa shape index (κ3) is 3.60. The number of aromatic hydroxyl groups is 1. The molecule has 0 spiro atoms. The number of nitrogens with zero attached hydrogens (tertiary/aromatic N) is 1. The molecule has 98 valence electrons. The van der Waals surface area contributed by atoms with Gasteiger partial charge in [-0.3, -0.25) is 4.99 Å². The first kappa shape index (κ1) is 13.6. The number of phenols is 1. The lowest BCUT2D eigenvalue weighted by molar-refractivity contribution is 0.474. The van der Waals surface area contributed by atoms with Crippen LogP contribution in [-0.2, 0) is 0 Å². The van der Waals surface area contributed by atoms with Gasteiger partial charge in [-0.1, -0.05) is 23.6 Å². The van der Waals surface area contributed by atoms with Crippen molar-refractivity contribution in [3.05, 3.63) is 65.2 Å². The molecular weight excluding hydrogens is 246 g/mol. The van der Waals surface area contributed by atoms with Crippen LogP contribution in [0, 0.1) is 19.3 Å². The average Bonchev–Trinajstić information content (AvgIpc) is 2.47. The molecule has 0 amide bonds. The lowest BCUT2D eigenvalue weighted by atomic mass is 10.1. The van der Waals surface area contributed by atoms with E-state index < -0.39 is 0 Å². The fourth-order valence-corrected chi connectivity index (χ4v) is 1.76. The van der Waals surface area contributed by atoms with Gasteiger partial charge in [0.05, 0.1) is 5.69 Å². The van der Waals surface area contributed by atoms with Crippen molar-refractivity contribution in [2.45, 2.75) is 6.92 Å². The van der Waals surface area contributed by atoms with Crippen molar-refractivity contribution in [2.75, 3.05) is 0 Å². The normalized spacial score (nSPS) is 11.0. The van der Waals surface area contributed by atoms with E-state index in [1.165, 1.54) is 0 Å². The Morgan fingerprint density at radius 2 is 2.05 bits per heavy atom. The van der Waals surface area contributed by atoms with E-state index in [4.69, 9.17) is 6.42 Å². The Labute approximate surface area is 119 Å². The summed E-state index contributed by atoms with van der Waals surface area (Å²) in [7, 11) is 0. The first-order valence-corrected chi connectivity index (χ1v) is 6.26. The summed E-state index contributed by atoms with van der Waals surface area (Å²) in [5, 5.41) is 9.70. The second-order valence-corrected chi connectivity index (χ2v) is 4.39. The van der Waals surface area contributed by atoms with Gasteiger partial charge in [0.2, 0.25) is 0 Å². The molecular formula is C18H15NO. The van der Waals surface area contributed by atoms with Gasteiger partial charge in [0, 0.05) is 17.3 Å². The van der Waals surface area contributed by atoms with Crippen molar-refractivity contribution in [3.8, 4) is 18.1 Å².